The highest BCUT2D eigenvalue weighted by Gasteiger charge is 2.19. The smallest absolute Gasteiger partial charge is 0.410 e. The van der Waals surface area contributed by atoms with Crippen molar-refractivity contribution in [2.24, 2.45) is 7.05 Å². The van der Waals surface area contributed by atoms with Crippen molar-refractivity contribution in [1.29, 1.82) is 0 Å². The van der Waals surface area contributed by atoms with Gasteiger partial charge in [-0.15, -0.1) is 0 Å². The van der Waals surface area contributed by atoms with Crippen LogP contribution in [0.1, 0.15) is 26.5 Å². The molecule has 0 aliphatic rings. The van der Waals surface area contributed by atoms with Gasteiger partial charge in [-0.25, -0.2) is 9.78 Å². The first-order valence-corrected chi connectivity index (χ1v) is 6.26. The molecule has 19 heavy (non-hydrogen) atoms. The Labute approximate surface area is 114 Å². The third kappa shape index (κ3) is 6.24. The third-order valence-electron chi connectivity index (χ3n) is 2.28. The van der Waals surface area contributed by atoms with Gasteiger partial charge in [0, 0.05) is 26.8 Å². The van der Waals surface area contributed by atoms with E-state index in [0.717, 1.165) is 5.69 Å². The number of carbonyl (C=O) groups excluding carboxylic acids is 1. The molecule has 0 aliphatic carbocycles. The fraction of sp³-hybridized carbons (Fsp3) is 0.692. The highest BCUT2D eigenvalue weighted by Crippen LogP contribution is 2.08. The van der Waals surface area contributed by atoms with E-state index in [1.54, 1.807) is 13.4 Å². The quantitative estimate of drug-likeness (QED) is 0.765. The molecule has 1 heterocycles. The number of hydrogen-bond acceptors (Lipinski definition) is 4. The van der Waals surface area contributed by atoms with Gasteiger partial charge in [-0.2, -0.15) is 0 Å². The number of nitrogens with zero attached hydrogens (tertiary/aromatic N) is 3. The lowest BCUT2D eigenvalue weighted by Crippen LogP contribution is -2.36. The summed E-state index contributed by atoms with van der Waals surface area (Å²) in [6.45, 7) is 6.92. The average Bonchev–Trinajstić information content (AvgIpc) is 2.68. The molecule has 6 nitrogen and oxygen atoms in total. The van der Waals surface area contributed by atoms with Gasteiger partial charge in [-0.3, -0.25) is 0 Å². The fourth-order valence-corrected chi connectivity index (χ4v) is 1.35. The van der Waals surface area contributed by atoms with Crippen LogP contribution in [0.4, 0.5) is 4.79 Å². The van der Waals surface area contributed by atoms with Gasteiger partial charge >= 0.3 is 6.09 Å². The van der Waals surface area contributed by atoms with Crippen LogP contribution in [0.5, 0.6) is 0 Å². The molecule has 0 N–H and O–H groups in total. The summed E-state index contributed by atoms with van der Waals surface area (Å²) in [4.78, 5) is 17.3. The van der Waals surface area contributed by atoms with E-state index >= 15 is 0 Å². The van der Waals surface area contributed by atoms with E-state index in [9.17, 15) is 4.79 Å². The lowest BCUT2D eigenvalue weighted by Gasteiger charge is -2.24. The molecule has 1 amide bonds. The van der Waals surface area contributed by atoms with Crippen LogP contribution in [-0.2, 0) is 23.1 Å². The SMILES string of the molecule is CN(CCOCc1cn(C)cn1)C(=O)OC(C)(C)C. The summed E-state index contributed by atoms with van der Waals surface area (Å²) in [6.07, 6.45) is 3.29. The highest BCUT2D eigenvalue weighted by molar-refractivity contribution is 5.67. The average molecular weight is 269 g/mol. The first-order chi connectivity index (χ1) is 8.78. The summed E-state index contributed by atoms with van der Waals surface area (Å²) in [5.41, 5.74) is 0.405. The minimum atomic E-state index is -0.472. The molecule has 0 fully saturated rings. The van der Waals surface area contributed by atoms with Crippen LogP contribution in [0.15, 0.2) is 12.5 Å². The minimum absolute atomic E-state index is 0.339. The standard InChI is InChI=1S/C13H23N3O3/c1-13(2,3)19-12(17)16(5)6-7-18-9-11-8-15(4)10-14-11/h8,10H,6-7,9H2,1-5H3. The summed E-state index contributed by atoms with van der Waals surface area (Å²) < 4.78 is 12.6. The predicted octanol–water partition coefficient (Wildman–Crippen LogP) is 1.80. The Morgan fingerprint density at radius 2 is 2.16 bits per heavy atom. The second-order valence-electron chi connectivity index (χ2n) is 5.48. The van der Waals surface area contributed by atoms with E-state index < -0.39 is 5.60 Å². The van der Waals surface area contributed by atoms with Gasteiger partial charge < -0.3 is 18.9 Å². The molecule has 0 aromatic carbocycles. The molecule has 0 unspecified atom stereocenters. The molecule has 0 radical (unpaired) electrons. The van der Waals surface area contributed by atoms with Crippen LogP contribution < -0.4 is 0 Å². The Hall–Kier alpha value is -1.56. The zero-order chi connectivity index (χ0) is 14.5. The van der Waals surface area contributed by atoms with Crippen molar-refractivity contribution < 1.29 is 14.3 Å². The van der Waals surface area contributed by atoms with Gasteiger partial charge in [-0.05, 0) is 20.8 Å². The Balaban J connectivity index is 2.20. The number of aromatic nitrogens is 2. The van der Waals surface area contributed by atoms with Crippen molar-refractivity contribution in [3.63, 3.8) is 0 Å². The van der Waals surface area contributed by atoms with Gasteiger partial charge in [-0.1, -0.05) is 0 Å². The first kappa shape index (κ1) is 15.5. The first-order valence-electron chi connectivity index (χ1n) is 6.26. The Bertz CT molecular complexity index is 410. The van der Waals surface area contributed by atoms with E-state index in [1.807, 2.05) is 38.6 Å². The fourth-order valence-electron chi connectivity index (χ4n) is 1.35. The van der Waals surface area contributed by atoms with Crippen LogP contribution in [-0.4, -0.2) is 46.3 Å². The van der Waals surface area contributed by atoms with Gasteiger partial charge in [0.15, 0.2) is 0 Å². The van der Waals surface area contributed by atoms with Crippen LogP contribution in [0.25, 0.3) is 0 Å². The second-order valence-corrected chi connectivity index (χ2v) is 5.48. The van der Waals surface area contributed by atoms with Crippen molar-refractivity contribution >= 4 is 6.09 Å². The zero-order valence-corrected chi connectivity index (χ0v) is 12.3. The second kappa shape index (κ2) is 6.56. The van der Waals surface area contributed by atoms with Gasteiger partial charge in [0.1, 0.15) is 5.60 Å². The lowest BCUT2D eigenvalue weighted by molar-refractivity contribution is 0.0220. The highest BCUT2D eigenvalue weighted by atomic mass is 16.6. The van der Waals surface area contributed by atoms with E-state index in [4.69, 9.17) is 9.47 Å². The number of ether oxygens (including phenoxy) is 2. The summed E-state index contributed by atoms with van der Waals surface area (Å²) >= 11 is 0. The normalized spacial score (nSPS) is 11.4. The number of imidazole rings is 1. The summed E-state index contributed by atoms with van der Waals surface area (Å²) in [5.74, 6) is 0. The summed E-state index contributed by atoms with van der Waals surface area (Å²) in [6, 6.07) is 0. The van der Waals surface area contributed by atoms with Gasteiger partial charge in [0.05, 0.1) is 25.2 Å². The number of carbonyl (C=O) groups is 1. The summed E-state index contributed by atoms with van der Waals surface area (Å²) in [7, 11) is 3.60. The molecular formula is C13H23N3O3. The number of aryl methyl sites for hydroxylation is 1. The molecule has 0 bridgehead atoms. The lowest BCUT2D eigenvalue weighted by atomic mass is 10.2. The molecule has 0 saturated carbocycles. The van der Waals surface area contributed by atoms with E-state index in [-0.39, 0.29) is 6.09 Å². The number of rotatable bonds is 5. The van der Waals surface area contributed by atoms with Crippen LogP contribution in [0.3, 0.4) is 0 Å². The van der Waals surface area contributed by atoms with Crippen LogP contribution in [0.2, 0.25) is 0 Å². The molecule has 1 aromatic rings. The van der Waals surface area contributed by atoms with Crippen molar-refractivity contribution in [1.82, 2.24) is 14.5 Å². The van der Waals surface area contributed by atoms with Gasteiger partial charge in [0.2, 0.25) is 0 Å². The topological polar surface area (TPSA) is 56.6 Å². The maximum absolute atomic E-state index is 11.7. The van der Waals surface area contributed by atoms with E-state index in [1.165, 1.54) is 4.90 Å². The van der Waals surface area contributed by atoms with Crippen molar-refractivity contribution in [3.05, 3.63) is 18.2 Å². The molecule has 0 atom stereocenters. The van der Waals surface area contributed by atoms with E-state index in [0.29, 0.717) is 19.8 Å². The Kier molecular flexibility index (Phi) is 5.35. The number of likely N-dealkylation sites (N-methyl/N-ethyl adjacent to an activating group) is 1. The van der Waals surface area contributed by atoms with Crippen molar-refractivity contribution in [2.45, 2.75) is 33.0 Å². The molecule has 6 heteroatoms. The van der Waals surface area contributed by atoms with Crippen molar-refractivity contribution in [3.8, 4) is 0 Å². The maximum atomic E-state index is 11.7. The Morgan fingerprint density at radius 3 is 2.68 bits per heavy atom. The summed E-state index contributed by atoms with van der Waals surface area (Å²) in [5, 5.41) is 0. The minimum Gasteiger partial charge on any atom is -0.444 e. The molecule has 1 aromatic heterocycles. The molecule has 108 valence electrons. The molecule has 0 spiro atoms. The van der Waals surface area contributed by atoms with Crippen LogP contribution >= 0.6 is 0 Å². The maximum Gasteiger partial charge on any atom is 0.410 e. The molecular weight excluding hydrogens is 246 g/mol. The largest absolute Gasteiger partial charge is 0.444 e. The number of hydrogen-bond donors (Lipinski definition) is 0. The van der Waals surface area contributed by atoms with Crippen molar-refractivity contribution in [2.75, 3.05) is 20.2 Å². The molecule has 0 saturated heterocycles. The number of amides is 1. The predicted molar refractivity (Wildman–Crippen MR) is 71.7 cm³/mol. The third-order valence-corrected chi connectivity index (χ3v) is 2.28. The molecule has 0 aliphatic heterocycles. The monoisotopic (exact) mass is 269 g/mol. The Morgan fingerprint density at radius 1 is 1.47 bits per heavy atom. The zero-order valence-electron chi connectivity index (χ0n) is 12.3. The molecule has 1 rings (SSSR count). The van der Waals surface area contributed by atoms with Crippen LogP contribution in [0, 0.1) is 0 Å². The van der Waals surface area contributed by atoms with E-state index in [2.05, 4.69) is 4.98 Å². The van der Waals surface area contributed by atoms with Gasteiger partial charge in [0.25, 0.3) is 0 Å².